The van der Waals surface area contributed by atoms with Gasteiger partial charge in [0.2, 0.25) is 10.0 Å². The third-order valence-corrected chi connectivity index (χ3v) is 4.51. The highest BCUT2D eigenvalue weighted by Gasteiger charge is 2.39. The van der Waals surface area contributed by atoms with Crippen LogP contribution in [0, 0.1) is 11.8 Å². The lowest BCUT2D eigenvalue weighted by Crippen LogP contribution is -2.30. The Morgan fingerprint density at radius 1 is 1.29 bits per heavy atom. The summed E-state index contributed by atoms with van der Waals surface area (Å²) in [4.78, 5) is 0. The van der Waals surface area contributed by atoms with Gasteiger partial charge in [-0.15, -0.1) is 0 Å². The average molecular weight is 219 g/mol. The highest BCUT2D eigenvalue weighted by atomic mass is 32.2. The maximum absolute atomic E-state index is 11.2. The first-order valence-corrected chi connectivity index (χ1v) is 6.96. The Labute approximate surface area is 85.0 Å². The normalized spacial score (nSPS) is 32.0. The van der Waals surface area contributed by atoms with Gasteiger partial charge in [-0.2, -0.15) is 0 Å². The second kappa shape index (κ2) is 3.47. The first kappa shape index (κ1) is 10.4. The van der Waals surface area contributed by atoms with Crippen molar-refractivity contribution in [1.29, 1.82) is 0 Å². The standard InChI is InChI=1S/C9H17NO3S/c1-14(12,13)10-5-4-8(6-10)9(11)7-2-3-7/h7-9,11H,2-6H2,1H3. The maximum Gasteiger partial charge on any atom is 0.211 e. The van der Waals surface area contributed by atoms with Crippen molar-refractivity contribution in [1.82, 2.24) is 4.31 Å². The lowest BCUT2D eigenvalue weighted by atomic mass is 9.98. The Balaban J connectivity index is 1.94. The molecule has 2 aliphatic rings. The van der Waals surface area contributed by atoms with E-state index in [1.165, 1.54) is 10.6 Å². The highest BCUT2D eigenvalue weighted by molar-refractivity contribution is 7.88. The van der Waals surface area contributed by atoms with Crippen LogP contribution in [0.3, 0.4) is 0 Å². The van der Waals surface area contributed by atoms with Crippen molar-refractivity contribution in [2.24, 2.45) is 11.8 Å². The lowest BCUT2D eigenvalue weighted by Gasteiger charge is -2.17. The Morgan fingerprint density at radius 3 is 2.36 bits per heavy atom. The average Bonchev–Trinajstić information content (AvgIpc) is 2.79. The van der Waals surface area contributed by atoms with Gasteiger partial charge in [-0.05, 0) is 25.2 Å². The van der Waals surface area contributed by atoms with E-state index < -0.39 is 10.0 Å². The van der Waals surface area contributed by atoms with E-state index in [-0.39, 0.29) is 12.0 Å². The molecule has 0 aromatic carbocycles. The summed E-state index contributed by atoms with van der Waals surface area (Å²) in [7, 11) is -3.05. The second-order valence-electron chi connectivity index (χ2n) is 4.50. The predicted molar refractivity (Wildman–Crippen MR) is 53.3 cm³/mol. The van der Waals surface area contributed by atoms with Crippen LogP contribution in [-0.4, -0.2) is 43.3 Å². The van der Waals surface area contributed by atoms with E-state index in [0.717, 1.165) is 19.3 Å². The quantitative estimate of drug-likeness (QED) is 0.729. The zero-order valence-corrected chi connectivity index (χ0v) is 9.20. The van der Waals surface area contributed by atoms with Crippen molar-refractivity contribution < 1.29 is 13.5 Å². The van der Waals surface area contributed by atoms with Gasteiger partial charge >= 0.3 is 0 Å². The first-order valence-electron chi connectivity index (χ1n) is 5.11. The van der Waals surface area contributed by atoms with E-state index in [1.807, 2.05) is 0 Å². The number of aliphatic hydroxyl groups excluding tert-OH is 1. The fourth-order valence-corrected chi connectivity index (χ4v) is 3.06. The van der Waals surface area contributed by atoms with Gasteiger partial charge in [0.1, 0.15) is 0 Å². The molecule has 14 heavy (non-hydrogen) atoms. The van der Waals surface area contributed by atoms with E-state index in [4.69, 9.17) is 0 Å². The smallest absolute Gasteiger partial charge is 0.211 e. The van der Waals surface area contributed by atoms with Crippen LogP contribution < -0.4 is 0 Å². The zero-order chi connectivity index (χ0) is 10.3. The topological polar surface area (TPSA) is 57.6 Å². The van der Waals surface area contributed by atoms with Gasteiger partial charge in [0.05, 0.1) is 12.4 Å². The van der Waals surface area contributed by atoms with Crippen molar-refractivity contribution >= 4 is 10.0 Å². The van der Waals surface area contributed by atoms with E-state index in [9.17, 15) is 13.5 Å². The zero-order valence-electron chi connectivity index (χ0n) is 8.39. The third-order valence-electron chi connectivity index (χ3n) is 3.24. The van der Waals surface area contributed by atoms with Crippen LogP contribution in [-0.2, 0) is 10.0 Å². The Kier molecular flexibility index (Phi) is 2.57. The summed E-state index contributed by atoms with van der Waals surface area (Å²) in [6.07, 6.45) is 3.98. The first-order chi connectivity index (χ1) is 6.48. The molecule has 2 fully saturated rings. The fraction of sp³-hybridized carbons (Fsp3) is 1.00. The molecule has 2 rings (SSSR count). The minimum absolute atomic E-state index is 0.164. The summed E-state index contributed by atoms with van der Waals surface area (Å²) in [6.45, 7) is 1.09. The van der Waals surface area contributed by atoms with E-state index >= 15 is 0 Å². The van der Waals surface area contributed by atoms with Crippen molar-refractivity contribution in [3.8, 4) is 0 Å². The molecule has 2 atom stereocenters. The molecule has 82 valence electrons. The van der Waals surface area contributed by atoms with Crippen LogP contribution in [0.1, 0.15) is 19.3 Å². The molecule has 1 aliphatic heterocycles. The van der Waals surface area contributed by atoms with Crippen LogP contribution in [0.5, 0.6) is 0 Å². The Morgan fingerprint density at radius 2 is 1.93 bits per heavy atom. The van der Waals surface area contributed by atoms with Gasteiger partial charge in [-0.1, -0.05) is 0 Å². The molecule has 0 aromatic rings. The lowest BCUT2D eigenvalue weighted by molar-refractivity contribution is 0.0931. The number of sulfonamides is 1. The van der Waals surface area contributed by atoms with Crippen LogP contribution in [0.4, 0.5) is 0 Å². The molecule has 0 radical (unpaired) electrons. The molecule has 4 nitrogen and oxygen atoms in total. The minimum atomic E-state index is -3.05. The molecule has 0 amide bonds. The highest BCUT2D eigenvalue weighted by Crippen LogP contribution is 2.38. The number of hydrogen-bond acceptors (Lipinski definition) is 3. The molecular formula is C9H17NO3S. The number of hydrogen-bond donors (Lipinski definition) is 1. The van der Waals surface area contributed by atoms with E-state index in [2.05, 4.69) is 0 Å². The molecule has 0 aromatic heterocycles. The minimum Gasteiger partial charge on any atom is -0.393 e. The molecule has 5 heteroatoms. The summed E-state index contributed by atoms with van der Waals surface area (Å²) >= 11 is 0. The van der Waals surface area contributed by atoms with Crippen LogP contribution in [0.2, 0.25) is 0 Å². The molecule has 2 unspecified atom stereocenters. The molecule has 1 aliphatic carbocycles. The molecule has 0 spiro atoms. The van der Waals surface area contributed by atoms with Crippen LogP contribution in [0.25, 0.3) is 0 Å². The predicted octanol–water partition coefficient (Wildman–Crippen LogP) is 0.0388. The second-order valence-corrected chi connectivity index (χ2v) is 6.48. The number of aliphatic hydroxyl groups is 1. The van der Waals surface area contributed by atoms with Crippen molar-refractivity contribution in [2.75, 3.05) is 19.3 Å². The molecule has 1 saturated heterocycles. The summed E-state index contributed by atoms with van der Waals surface area (Å²) in [5.74, 6) is 0.608. The summed E-state index contributed by atoms with van der Waals surface area (Å²) in [5, 5.41) is 9.85. The third kappa shape index (κ3) is 2.10. The summed E-state index contributed by atoms with van der Waals surface area (Å²) < 4.78 is 23.9. The van der Waals surface area contributed by atoms with Crippen molar-refractivity contribution in [3.05, 3.63) is 0 Å². The molecular weight excluding hydrogens is 202 g/mol. The van der Waals surface area contributed by atoms with Gasteiger partial charge in [-0.25, -0.2) is 12.7 Å². The number of rotatable bonds is 3. The van der Waals surface area contributed by atoms with Crippen LogP contribution >= 0.6 is 0 Å². The Bertz CT molecular complexity index is 310. The molecule has 1 N–H and O–H groups in total. The van der Waals surface area contributed by atoms with E-state index in [0.29, 0.717) is 19.0 Å². The fourth-order valence-electron chi connectivity index (χ4n) is 2.16. The maximum atomic E-state index is 11.2. The Hall–Kier alpha value is -0.130. The molecule has 1 heterocycles. The van der Waals surface area contributed by atoms with Gasteiger partial charge in [0.15, 0.2) is 0 Å². The molecule has 0 bridgehead atoms. The van der Waals surface area contributed by atoms with Gasteiger partial charge in [0, 0.05) is 19.0 Å². The van der Waals surface area contributed by atoms with Gasteiger partial charge < -0.3 is 5.11 Å². The summed E-state index contributed by atoms with van der Waals surface area (Å²) in [5.41, 5.74) is 0. The SMILES string of the molecule is CS(=O)(=O)N1CCC(C(O)C2CC2)C1. The van der Waals surface area contributed by atoms with E-state index in [1.54, 1.807) is 0 Å². The van der Waals surface area contributed by atoms with Gasteiger partial charge in [0.25, 0.3) is 0 Å². The van der Waals surface area contributed by atoms with Crippen molar-refractivity contribution in [2.45, 2.75) is 25.4 Å². The number of nitrogens with zero attached hydrogens (tertiary/aromatic N) is 1. The van der Waals surface area contributed by atoms with Gasteiger partial charge in [-0.3, -0.25) is 0 Å². The van der Waals surface area contributed by atoms with Crippen LogP contribution in [0.15, 0.2) is 0 Å². The van der Waals surface area contributed by atoms with Crippen molar-refractivity contribution in [3.63, 3.8) is 0 Å². The monoisotopic (exact) mass is 219 g/mol. The largest absolute Gasteiger partial charge is 0.393 e. The molecule has 1 saturated carbocycles. The summed E-state index contributed by atoms with van der Waals surface area (Å²) in [6, 6.07) is 0.